The van der Waals surface area contributed by atoms with Crippen LogP contribution in [0.15, 0.2) is 90.0 Å². The van der Waals surface area contributed by atoms with Crippen molar-refractivity contribution in [3.05, 3.63) is 90.6 Å². The van der Waals surface area contributed by atoms with Gasteiger partial charge in [-0.05, 0) is 59.4 Å². The van der Waals surface area contributed by atoms with Gasteiger partial charge in [-0.3, -0.25) is 4.79 Å². The van der Waals surface area contributed by atoms with Gasteiger partial charge in [0.15, 0.2) is 0 Å². The lowest BCUT2D eigenvalue weighted by molar-refractivity contribution is -0.122. The molecule has 4 aromatic rings. The topological polar surface area (TPSA) is 92.0 Å². The molecule has 0 fully saturated rings. The Hall–Kier alpha value is -3.89. The van der Waals surface area contributed by atoms with Crippen molar-refractivity contribution < 1.29 is 13.2 Å². The van der Waals surface area contributed by atoms with E-state index in [9.17, 15) is 13.2 Å². The molecule has 4 rings (SSSR count). The van der Waals surface area contributed by atoms with Crippen molar-refractivity contribution in [2.24, 2.45) is 5.92 Å². The fraction of sp³-hybridized carbons (Fsp3) is 0.214. The van der Waals surface area contributed by atoms with Crippen molar-refractivity contribution in [3.63, 3.8) is 0 Å². The summed E-state index contributed by atoms with van der Waals surface area (Å²) in [6, 6.07) is 25.6. The van der Waals surface area contributed by atoms with Crippen LogP contribution in [0, 0.1) is 17.2 Å². The summed E-state index contributed by atoms with van der Waals surface area (Å²) in [5.74, 6) is -0.209. The van der Waals surface area contributed by atoms with Gasteiger partial charge in [0.05, 0.1) is 22.4 Å². The summed E-state index contributed by atoms with van der Waals surface area (Å²) in [7, 11) is -3.70. The van der Waals surface area contributed by atoms with Gasteiger partial charge in [0, 0.05) is 11.6 Å². The highest BCUT2D eigenvalue weighted by Gasteiger charge is 2.22. The second-order valence-corrected chi connectivity index (χ2v) is 10.7. The lowest BCUT2D eigenvalue weighted by Crippen LogP contribution is -2.30. The second kappa shape index (κ2) is 10.2. The lowest BCUT2D eigenvalue weighted by atomic mass is 9.88. The van der Waals surface area contributed by atoms with Gasteiger partial charge in [0.25, 0.3) is 10.0 Å². The lowest BCUT2D eigenvalue weighted by Gasteiger charge is -2.19. The average Bonchev–Trinajstić information content (AvgIpc) is 3.30. The number of carbonyl (C=O) groups excluding carboxylic acids is 1. The molecule has 178 valence electrons. The maximum atomic E-state index is 13.1. The molecule has 0 saturated heterocycles. The van der Waals surface area contributed by atoms with E-state index in [1.807, 2.05) is 48.5 Å². The first-order chi connectivity index (χ1) is 16.8. The fourth-order valence-corrected chi connectivity index (χ4v) is 5.64. The van der Waals surface area contributed by atoms with Crippen LogP contribution >= 0.6 is 0 Å². The summed E-state index contributed by atoms with van der Waals surface area (Å²) in [5, 5.41) is 12.3. The van der Waals surface area contributed by atoms with E-state index in [4.69, 9.17) is 5.26 Å². The van der Waals surface area contributed by atoms with E-state index in [2.05, 4.69) is 19.2 Å². The number of nitriles is 1. The van der Waals surface area contributed by atoms with Crippen LogP contribution in [0.5, 0.6) is 0 Å². The maximum Gasteiger partial charge on any atom is 0.268 e. The quantitative estimate of drug-likeness (QED) is 0.342. The SMILES string of the molecule is CC(C)C[C@@H](C(=O)NCC#N)c1cccc(-c2ccc3c(ccn3S(=O)(=O)c3ccccc3)c2)c1. The van der Waals surface area contributed by atoms with Gasteiger partial charge in [-0.25, -0.2) is 12.4 Å². The number of hydrogen-bond acceptors (Lipinski definition) is 4. The summed E-state index contributed by atoms with van der Waals surface area (Å²) >= 11 is 0. The van der Waals surface area contributed by atoms with Crippen LogP contribution in [-0.4, -0.2) is 24.8 Å². The van der Waals surface area contributed by atoms with E-state index in [1.54, 1.807) is 42.6 Å². The van der Waals surface area contributed by atoms with Crippen LogP contribution in [0.4, 0.5) is 0 Å². The molecule has 0 radical (unpaired) electrons. The molecular weight excluding hydrogens is 458 g/mol. The molecule has 0 spiro atoms. The standard InChI is InChI=1S/C28H27N3O3S/c1-20(2)17-26(28(32)30-15-14-29)23-8-6-7-21(18-23)22-11-12-27-24(19-22)13-16-31(27)35(33,34)25-9-4-3-5-10-25/h3-13,16,18-20,26H,15,17H2,1-2H3,(H,30,32)/t26-/m1/s1. The zero-order chi connectivity index (χ0) is 25.0. The van der Waals surface area contributed by atoms with Crippen molar-refractivity contribution >= 4 is 26.8 Å². The third-order valence-electron chi connectivity index (χ3n) is 5.94. The second-order valence-electron chi connectivity index (χ2n) is 8.89. The number of hydrogen-bond donors (Lipinski definition) is 1. The Labute approximate surface area is 205 Å². The number of fused-ring (bicyclic) bond motifs is 1. The van der Waals surface area contributed by atoms with Crippen molar-refractivity contribution in [2.75, 3.05) is 6.54 Å². The van der Waals surface area contributed by atoms with E-state index in [1.165, 1.54) is 3.97 Å². The number of benzene rings is 3. The molecule has 7 heteroatoms. The highest BCUT2D eigenvalue weighted by molar-refractivity contribution is 7.90. The molecule has 35 heavy (non-hydrogen) atoms. The smallest absolute Gasteiger partial charge is 0.268 e. The molecule has 0 aliphatic rings. The Morgan fingerprint density at radius 3 is 2.43 bits per heavy atom. The van der Waals surface area contributed by atoms with Gasteiger partial charge in [-0.15, -0.1) is 0 Å². The molecule has 6 nitrogen and oxygen atoms in total. The fourth-order valence-electron chi connectivity index (χ4n) is 4.26. The number of aromatic nitrogens is 1. The molecule has 1 atom stereocenters. The minimum atomic E-state index is -3.70. The van der Waals surface area contributed by atoms with Crippen LogP contribution in [0.1, 0.15) is 31.7 Å². The molecule has 0 bridgehead atoms. The first-order valence-electron chi connectivity index (χ1n) is 11.5. The number of amides is 1. The van der Waals surface area contributed by atoms with E-state index in [0.29, 0.717) is 17.9 Å². The summed E-state index contributed by atoms with van der Waals surface area (Å²) in [6.07, 6.45) is 2.24. The minimum Gasteiger partial charge on any atom is -0.342 e. The Balaban J connectivity index is 1.70. The number of nitrogens with zero attached hydrogens (tertiary/aromatic N) is 2. The molecule has 0 unspecified atom stereocenters. The summed E-state index contributed by atoms with van der Waals surface area (Å²) in [5.41, 5.74) is 3.35. The zero-order valence-corrected chi connectivity index (χ0v) is 20.5. The van der Waals surface area contributed by atoms with Gasteiger partial charge in [-0.2, -0.15) is 5.26 Å². The van der Waals surface area contributed by atoms with Gasteiger partial charge in [0.2, 0.25) is 5.91 Å². The molecule has 3 aromatic carbocycles. The third kappa shape index (κ3) is 5.13. The molecule has 1 N–H and O–H groups in total. The highest BCUT2D eigenvalue weighted by atomic mass is 32.2. The molecule has 1 aromatic heterocycles. The number of rotatable bonds is 8. The van der Waals surface area contributed by atoms with Crippen LogP contribution in [0.3, 0.4) is 0 Å². The average molecular weight is 486 g/mol. The van der Waals surface area contributed by atoms with Gasteiger partial charge < -0.3 is 5.32 Å². The Morgan fingerprint density at radius 1 is 0.971 bits per heavy atom. The monoisotopic (exact) mass is 485 g/mol. The van der Waals surface area contributed by atoms with Crippen molar-refractivity contribution in [1.29, 1.82) is 5.26 Å². The maximum absolute atomic E-state index is 13.1. The predicted octanol–water partition coefficient (Wildman–Crippen LogP) is 5.31. The number of carbonyl (C=O) groups is 1. The summed E-state index contributed by atoms with van der Waals surface area (Å²) in [4.78, 5) is 13.0. The largest absolute Gasteiger partial charge is 0.342 e. The Morgan fingerprint density at radius 2 is 1.71 bits per heavy atom. The number of nitrogens with one attached hydrogen (secondary N) is 1. The Kier molecular flexibility index (Phi) is 7.04. The van der Waals surface area contributed by atoms with Crippen molar-refractivity contribution in [1.82, 2.24) is 9.29 Å². The third-order valence-corrected chi connectivity index (χ3v) is 7.65. The van der Waals surface area contributed by atoms with Crippen LogP contribution in [0.25, 0.3) is 22.0 Å². The first-order valence-corrected chi connectivity index (χ1v) is 12.9. The highest BCUT2D eigenvalue weighted by Crippen LogP contribution is 2.31. The van der Waals surface area contributed by atoms with Crippen LogP contribution in [0.2, 0.25) is 0 Å². The van der Waals surface area contributed by atoms with E-state index < -0.39 is 10.0 Å². The van der Waals surface area contributed by atoms with Gasteiger partial charge in [-0.1, -0.05) is 62.4 Å². The Bertz CT molecular complexity index is 1500. The van der Waals surface area contributed by atoms with Crippen molar-refractivity contribution in [3.8, 4) is 17.2 Å². The van der Waals surface area contributed by atoms with E-state index in [0.717, 1.165) is 22.1 Å². The molecular formula is C28H27N3O3S. The van der Waals surface area contributed by atoms with E-state index in [-0.39, 0.29) is 23.3 Å². The molecule has 0 saturated carbocycles. The zero-order valence-electron chi connectivity index (χ0n) is 19.7. The molecule has 0 aliphatic heterocycles. The van der Waals surface area contributed by atoms with E-state index >= 15 is 0 Å². The summed E-state index contributed by atoms with van der Waals surface area (Å²) in [6.45, 7) is 4.11. The van der Waals surface area contributed by atoms with Crippen LogP contribution < -0.4 is 5.32 Å². The molecule has 1 amide bonds. The predicted molar refractivity (Wildman–Crippen MR) is 137 cm³/mol. The molecule has 1 heterocycles. The van der Waals surface area contributed by atoms with Crippen LogP contribution in [-0.2, 0) is 14.8 Å². The van der Waals surface area contributed by atoms with Gasteiger partial charge >= 0.3 is 0 Å². The first kappa shape index (κ1) is 24.2. The van der Waals surface area contributed by atoms with Gasteiger partial charge in [0.1, 0.15) is 6.54 Å². The summed E-state index contributed by atoms with van der Waals surface area (Å²) < 4.78 is 27.5. The minimum absolute atomic E-state index is 0.0212. The normalized spacial score (nSPS) is 12.4. The molecule has 0 aliphatic carbocycles. The van der Waals surface area contributed by atoms with Crippen molar-refractivity contribution in [2.45, 2.75) is 31.1 Å².